The minimum Gasteiger partial charge on any atom is -0.385 e. The maximum absolute atomic E-state index is 4.95. The second kappa shape index (κ2) is 7.03. The topological polar surface area (TPSA) is 18.5 Å². The third-order valence-electron chi connectivity index (χ3n) is 1.63. The van der Waals surface area contributed by atoms with Crippen LogP contribution in [0.3, 0.4) is 0 Å². The normalized spacial score (nSPS) is 10.8. The van der Waals surface area contributed by atoms with E-state index in [1.807, 2.05) is 0 Å². The number of ether oxygens (including phenoxy) is 2. The molecule has 0 heterocycles. The molecular weight excluding hydrogens is 128 g/mol. The summed E-state index contributed by atoms with van der Waals surface area (Å²) in [5, 5.41) is 0. The average Bonchev–Trinajstić information content (AvgIpc) is 1.97. The molecule has 2 heteroatoms. The van der Waals surface area contributed by atoms with Crippen LogP contribution < -0.4 is 0 Å². The number of hydrogen-bond donors (Lipinski definition) is 0. The Kier molecular flexibility index (Phi) is 6.98. The van der Waals surface area contributed by atoms with Crippen molar-refractivity contribution in [1.82, 2.24) is 0 Å². The van der Waals surface area contributed by atoms with Crippen molar-refractivity contribution in [3.8, 4) is 0 Å². The lowest BCUT2D eigenvalue weighted by Gasteiger charge is -2.08. The molecule has 0 aliphatic rings. The number of rotatable bonds is 6. The monoisotopic (exact) mass is 146 g/mol. The van der Waals surface area contributed by atoms with E-state index in [2.05, 4.69) is 6.92 Å². The van der Waals surface area contributed by atoms with E-state index in [0.29, 0.717) is 0 Å². The van der Waals surface area contributed by atoms with Crippen LogP contribution in [-0.2, 0) is 9.47 Å². The van der Waals surface area contributed by atoms with Crippen molar-refractivity contribution in [2.75, 3.05) is 27.4 Å². The molecule has 62 valence electrons. The van der Waals surface area contributed by atoms with Gasteiger partial charge >= 0.3 is 0 Å². The molecular formula is C8H18O2. The van der Waals surface area contributed by atoms with E-state index >= 15 is 0 Å². The van der Waals surface area contributed by atoms with Gasteiger partial charge in [0.2, 0.25) is 0 Å². The van der Waals surface area contributed by atoms with Gasteiger partial charge in [-0.25, -0.2) is 0 Å². The maximum Gasteiger partial charge on any atom is 0.0464 e. The van der Waals surface area contributed by atoms with Crippen molar-refractivity contribution < 1.29 is 9.47 Å². The van der Waals surface area contributed by atoms with Crippen molar-refractivity contribution in [3.05, 3.63) is 0 Å². The Bertz CT molecular complexity index is 56.3. The standard InChI is InChI=1S/C8H18O2/c1-8(4-6-9-2)5-7-10-3/h8H,4-7H2,1-3H3. The van der Waals surface area contributed by atoms with Crippen LogP contribution in [0.25, 0.3) is 0 Å². The van der Waals surface area contributed by atoms with Gasteiger partial charge in [0.25, 0.3) is 0 Å². The zero-order chi connectivity index (χ0) is 7.82. The molecule has 0 unspecified atom stereocenters. The van der Waals surface area contributed by atoms with E-state index in [0.717, 1.165) is 32.0 Å². The third kappa shape index (κ3) is 6.05. The van der Waals surface area contributed by atoms with Gasteiger partial charge < -0.3 is 9.47 Å². The molecule has 0 radical (unpaired) electrons. The Hall–Kier alpha value is -0.0800. The highest BCUT2D eigenvalue weighted by molar-refractivity contribution is 4.50. The molecule has 0 aliphatic heterocycles. The first-order valence-electron chi connectivity index (χ1n) is 3.79. The molecule has 10 heavy (non-hydrogen) atoms. The molecule has 0 saturated heterocycles. The van der Waals surface area contributed by atoms with Gasteiger partial charge in [-0.2, -0.15) is 0 Å². The highest BCUT2D eigenvalue weighted by Gasteiger charge is 1.99. The first-order valence-corrected chi connectivity index (χ1v) is 3.79. The van der Waals surface area contributed by atoms with Crippen LogP contribution >= 0.6 is 0 Å². The summed E-state index contributed by atoms with van der Waals surface area (Å²) in [6, 6.07) is 0. The molecule has 0 bridgehead atoms. The van der Waals surface area contributed by atoms with Crippen LogP contribution in [0.4, 0.5) is 0 Å². The zero-order valence-corrected chi connectivity index (χ0v) is 7.22. The van der Waals surface area contributed by atoms with Crippen LogP contribution in [0.2, 0.25) is 0 Å². The summed E-state index contributed by atoms with van der Waals surface area (Å²) in [5.41, 5.74) is 0. The molecule has 0 spiro atoms. The second-order valence-corrected chi connectivity index (χ2v) is 2.67. The fraction of sp³-hybridized carbons (Fsp3) is 1.00. The summed E-state index contributed by atoms with van der Waals surface area (Å²) in [7, 11) is 3.48. The lowest BCUT2D eigenvalue weighted by molar-refractivity contribution is 0.151. The molecule has 2 nitrogen and oxygen atoms in total. The lowest BCUT2D eigenvalue weighted by atomic mass is 10.1. The summed E-state index contributed by atoms with van der Waals surface area (Å²) >= 11 is 0. The van der Waals surface area contributed by atoms with Gasteiger partial charge in [-0.05, 0) is 18.8 Å². The highest BCUT2D eigenvalue weighted by Crippen LogP contribution is 2.06. The Morgan fingerprint density at radius 3 is 1.70 bits per heavy atom. The minimum absolute atomic E-state index is 0.722. The molecule has 0 rings (SSSR count). The second-order valence-electron chi connectivity index (χ2n) is 2.67. The Balaban J connectivity index is 3.00. The van der Waals surface area contributed by atoms with Crippen molar-refractivity contribution in [3.63, 3.8) is 0 Å². The van der Waals surface area contributed by atoms with Gasteiger partial charge in [0, 0.05) is 27.4 Å². The van der Waals surface area contributed by atoms with Gasteiger partial charge in [0.1, 0.15) is 0 Å². The molecule has 0 amide bonds. The van der Waals surface area contributed by atoms with Crippen LogP contribution in [0.15, 0.2) is 0 Å². The molecule has 0 aromatic rings. The molecule has 0 saturated carbocycles. The quantitative estimate of drug-likeness (QED) is 0.567. The van der Waals surface area contributed by atoms with Crippen molar-refractivity contribution in [2.45, 2.75) is 19.8 Å². The van der Waals surface area contributed by atoms with E-state index in [1.54, 1.807) is 14.2 Å². The van der Waals surface area contributed by atoms with E-state index in [1.165, 1.54) is 0 Å². The van der Waals surface area contributed by atoms with E-state index in [-0.39, 0.29) is 0 Å². The van der Waals surface area contributed by atoms with Gasteiger partial charge in [-0.15, -0.1) is 0 Å². The SMILES string of the molecule is COCCC(C)CCOC. The highest BCUT2D eigenvalue weighted by atomic mass is 16.5. The Labute approximate surface area is 63.5 Å². The smallest absolute Gasteiger partial charge is 0.0464 e. The van der Waals surface area contributed by atoms with Gasteiger partial charge in [0.15, 0.2) is 0 Å². The predicted octanol–water partition coefficient (Wildman–Crippen LogP) is 1.70. The van der Waals surface area contributed by atoms with Crippen LogP contribution in [0.1, 0.15) is 19.8 Å². The summed E-state index contributed by atoms with van der Waals surface area (Å²) in [6.45, 7) is 3.95. The third-order valence-corrected chi connectivity index (χ3v) is 1.63. The zero-order valence-electron chi connectivity index (χ0n) is 7.22. The van der Waals surface area contributed by atoms with Gasteiger partial charge in [0.05, 0.1) is 0 Å². The van der Waals surface area contributed by atoms with Crippen molar-refractivity contribution in [1.29, 1.82) is 0 Å². The Morgan fingerprint density at radius 2 is 1.40 bits per heavy atom. The van der Waals surface area contributed by atoms with E-state index < -0.39 is 0 Å². The first-order chi connectivity index (χ1) is 4.81. The van der Waals surface area contributed by atoms with E-state index in [9.17, 15) is 0 Å². The lowest BCUT2D eigenvalue weighted by Crippen LogP contribution is -2.03. The van der Waals surface area contributed by atoms with E-state index in [4.69, 9.17) is 9.47 Å². The number of methoxy groups -OCH3 is 2. The number of hydrogen-bond acceptors (Lipinski definition) is 2. The van der Waals surface area contributed by atoms with Crippen molar-refractivity contribution >= 4 is 0 Å². The minimum atomic E-state index is 0.722. The summed E-state index contributed by atoms with van der Waals surface area (Å²) in [4.78, 5) is 0. The largest absolute Gasteiger partial charge is 0.385 e. The average molecular weight is 146 g/mol. The fourth-order valence-electron chi connectivity index (χ4n) is 0.782. The first kappa shape index (κ1) is 9.92. The maximum atomic E-state index is 4.95. The summed E-state index contributed by atoms with van der Waals surface area (Å²) in [6.07, 6.45) is 2.28. The molecule has 0 aromatic heterocycles. The summed E-state index contributed by atoms with van der Waals surface area (Å²) in [5.74, 6) is 0.722. The summed E-state index contributed by atoms with van der Waals surface area (Å²) < 4.78 is 9.90. The molecule has 0 fully saturated rings. The Morgan fingerprint density at radius 1 is 1.00 bits per heavy atom. The van der Waals surface area contributed by atoms with Gasteiger partial charge in [-0.3, -0.25) is 0 Å². The molecule has 0 aromatic carbocycles. The molecule has 0 aliphatic carbocycles. The fourth-order valence-corrected chi connectivity index (χ4v) is 0.782. The predicted molar refractivity (Wildman–Crippen MR) is 42.2 cm³/mol. The van der Waals surface area contributed by atoms with Crippen LogP contribution in [0.5, 0.6) is 0 Å². The molecule has 0 atom stereocenters. The van der Waals surface area contributed by atoms with Crippen LogP contribution in [0, 0.1) is 5.92 Å². The van der Waals surface area contributed by atoms with Crippen molar-refractivity contribution in [2.24, 2.45) is 5.92 Å². The van der Waals surface area contributed by atoms with Gasteiger partial charge in [-0.1, -0.05) is 6.92 Å². The van der Waals surface area contributed by atoms with Crippen LogP contribution in [-0.4, -0.2) is 27.4 Å². The molecule has 0 N–H and O–H groups in total.